The zero-order chi connectivity index (χ0) is 16.5. The van der Waals surface area contributed by atoms with Crippen LogP contribution in [0.4, 0.5) is 0 Å². The van der Waals surface area contributed by atoms with Crippen LogP contribution in [-0.2, 0) is 0 Å². The second-order valence-electron chi connectivity index (χ2n) is 6.46. The number of nitrogens with zero attached hydrogens (tertiary/aromatic N) is 3. The second-order valence-corrected chi connectivity index (χ2v) is 7.31. The maximum atomic E-state index is 13.1. The molecule has 1 spiro atoms. The van der Waals surface area contributed by atoms with Gasteiger partial charge in [-0.2, -0.15) is 0 Å². The zero-order valence-electron chi connectivity index (χ0n) is 12.9. The third-order valence-corrected chi connectivity index (χ3v) is 5.80. The number of carbonyl (C=O) groups is 1. The van der Waals surface area contributed by atoms with E-state index >= 15 is 0 Å². The second kappa shape index (κ2) is 4.63. The van der Waals surface area contributed by atoms with Gasteiger partial charge in [0.15, 0.2) is 17.8 Å². The first kappa shape index (κ1) is 14.1. The van der Waals surface area contributed by atoms with Gasteiger partial charge in [-0.1, -0.05) is 30.3 Å². The van der Waals surface area contributed by atoms with Gasteiger partial charge in [-0.3, -0.25) is 4.79 Å². The molecule has 2 atom stereocenters. The Bertz CT molecular complexity index is 890. The predicted molar refractivity (Wildman–Crippen MR) is 94.4 cm³/mol. The van der Waals surface area contributed by atoms with E-state index in [1.165, 1.54) is 0 Å². The molecule has 1 aromatic heterocycles. The van der Waals surface area contributed by atoms with Crippen molar-refractivity contribution < 1.29 is 4.79 Å². The van der Waals surface area contributed by atoms with E-state index < -0.39 is 5.66 Å². The summed E-state index contributed by atoms with van der Waals surface area (Å²) in [5.74, 6) is 0.431. The summed E-state index contributed by atoms with van der Waals surface area (Å²) in [4.78, 5) is 19.6. The fourth-order valence-corrected chi connectivity index (χ4v) is 4.91. The maximum absolute atomic E-state index is 13.1. The van der Waals surface area contributed by atoms with Crippen LogP contribution in [0.15, 0.2) is 45.9 Å². The van der Waals surface area contributed by atoms with Gasteiger partial charge in [-0.15, -0.1) is 0 Å². The van der Waals surface area contributed by atoms with Gasteiger partial charge < -0.3 is 20.5 Å². The summed E-state index contributed by atoms with van der Waals surface area (Å²) < 4.78 is 2.94. The molecule has 7 heteroatoms. The number of hydrogen-bond acceptors (Lipinski definition) is 4. The highest BCUT2D eigenvalue weighted by Gasteiger charge is 2.58. The Balaban J connectivity index is 1.80. The van der Waals surface area contributed by atoms with Gasteiger partial charge in [0.1, 0.15) is 5.69 Å². The first-order chi connectivity index (χ1) is 11.6. The van der Waals surface area contributed by atoms with E-state index in [-0.39, 0.29) is 12.1 Å². The monoisotopic (exact) mass is 385 g/mol. The van der Waals surface area contributed by atoms with Gasteiger partial charge in [0.05, 0.1) is 5.69 Å². The number of nitrogens with one attached hydrogen (secondary N) is 1. The Morgan fingerprint density at radius 3 is 2.92 bits per heavy atom. The molecule has 3 aliphatic heterocycles. The lowest BCUT2D eigenvalue weighted by atomic mass is 10.0. The van der Waals surface area contributed by atoms with Gasteiger partial charge in [0, 0.05) is 11.0 Å². The first-order valence-electron chi connectivity index (χ1n) is 8.01. The molecule has 1 fully saturated rings. The number of aliphatic imine (C=N–C) groups is 1. The summed E-state index contributed by atoms with van der Waals surface area (Å²) >= 11 is 3.64. The number of aromatic nitrogens is 1. The lowest BCUT2D eigenvalue weighted by molar-refractivity contribution is 0.0331. The molecule has 122 valence electrons. The summed E-state index contributed by atoms with van der Waals surface area (Å²) in [5.41, 5.74) is 8.16. The first-order valence-corrected chi connectivity index (χ1v) is 8.81. The van der Waals surface area contributed by atoms with Gasteiger partial charge in [-0.25, -0.2) is 4.99 Å². The van der Waals surface area contributed by atoms with Crippen molar-refractivity contribution in [3.8, 4) is 11.3 Å². The largest absolute Gasteiger partial charge is 0.370 e. The van der Waals surface area contributed by atoms with Crippen molar-refractivity contribution in [3.63, 3.8) is 0 Å². The molecule has 2 aromatic rings. The molecular formula is C17H16BrN5O. The van der Waals surface area contributed by atoms with Gasteiger partial charge >= 0.3 is 0 Å². The number of amides is 1. The van der Waals surface area contributed by atoms with E-state index in [9.17, 15) is 4.79 Å². The molecule has 0 bridgehead atoms. The van der Waals surface area contributed by atoms with E-state index in [0.717, 1.165) is 35.1 Å². The molecule has 4 heterocycles. The SMILES string of the molecule is NC1=N[C@H]2n3c(cc(Br)c3-c3ccccc3)C(=O)N3CCC[C@]23N1. The quantitative estimate of drug-likeness (QED) is 0.790. The molecule has 3 N–H and O–H groups in total. The fourth-order valence-electron chi connectivity index (χ4n) is 4.27. The van der Waals surface area contributed by atoms with Crippen LogP contribution in [0.5, 0.6) is 0 Å². The van der Waals surface area contributed by atoms with Crippen molar-refractivity contribution in [2.45, 2.75) is 24.7 Å². The molecule has 6 nitrogen and oxygen atoms in total. The van der Waals surface area contributed by atoms with Crippen molar-refractivity contribution in [3.05, 3.63) is 46.6 Å². The highest BCUT2D eigenvalue weighted by molar-refractivity contribution is 9.10. The van der Waals surface area contributed by atoms with Crippen LogP contribution >= 0.6 is 15.9 Å². The van der Waals surface area contributed by atoms with Crippen LogP contribution in [0.25, 0.3) is 11.3 Å². The van der Waals surface area contributed by atoms with Gasteiger partial charge in [-0.05, 0) is 40.4 Å². The van der Waals surface area contributed by atoms with Crippen LogP contribution in [0, 0.1) is 0 Å². The van der Waals surface area contributed by atoms with Gasteiger partial charge in [0.2, 0.25) is 0 Å². The van der Waals surface area contributed by atoms with E-state index in [2.05, 4.69) is 26.2 Å². The number of benzene rings is 1. The summed E-state index contributed by atoms with van der Waals surface area (Å²) in [7, 11) is 0. The minimum Gasteiger partial charge on any atom is -0.370 e. The van der Waals surface area contributed by atoms with Crippen molar-refractivity contribution in [1.82, 2.24) is 14.8 Å². The highest BCUT2D eigenvalue weighted by atomic mass is 79.9. The third-order valence-electron chi connectivity index (χ3n) is 5.20. The molecule has 24 heavy (non-hydrogen) atoms. The normalized spacial score (nSPS) is 27.4. The average Bonchev–Trinajstić information content (AvgIpc) is 3.23. The number of carbonyl (C=O) groups excluding carboxylic acids is 1. The molecule has 0 radical (unpaired) electrons. The van der Waals surface area contributed by atoms with E-state index in [0.29, 0.717) is 11.7 Å². The standard InChI is InChI=1S/C17H16BrN5O/c18-11-9-12-14(24)22-8-4-7-17(22)15(20-16(19)21-17)23(12)13(11)10-5-2-1-3-6-10/h1-3,5-6,9,15H,4,7-8H2,(H3,19,20,21)/t15-,17+/m0/s1. The van der Waals surface area contributed by atoms with Crippen molar-refractivity contribution in [2.24, 2.45) is 10.7 Å². The number of hydrogen-bond donors (Lipinski definition) is 2. The van der Waals surface area contributed by atoms with Gasteiger partial charge in [0.25, 0.3) is 5.91 Å². The zero-order valence-corrected chi connectivity index (χ0v) is 14.5. The van der Waals surface area contributed by atoms with Crippen molar-refractivity contribution in [2.75, 3.05) is 6.54 Å². The molecule has 0 saturated carbocycles. The molecule has 3 aliphatic rings. The molecule has 1 saturated heterocycles. The van der Waals surface area contributed by atoms with E-state index in [1.807, 2.05) is 45.9 Å². The molecule has 1 amide bonds. The van der Waals surface area contributed by atoms with Crippen LogP contribution in [0.1, 0.15) is 29.5 Å². The van der Waals surface area contributed by atoms with Crippen LogP contribution in [-0.4, -0.2) is 33.5 Å². The van der Waals surface area contributed by atoms with E-state index in [4.69, 9.17) is 5.73 Å². The summed E-state index contributed by atoms with van der Waals surface area (Å²) in [6.07, 6.45) is 1.55. The van der Waals surface area contributed by atoms with Crippen LogP contribution < -0.4 is 11.1 Å². The summed E-state index contributed by atoms with van der Waals surface area (Å²) in [6.45, 7) is 0.731. The summed E-state index contributed by atoms with van der Waals surface area (Å²) in [6, 6.07) is 12.0. The molecular weight excluding hydrogens is 370 g/mol. The van der Waals surface area contributed by atoms with Crippen molar-refractivity contribution in [1.29, 1.82) is 0 Å². The topological polar surface area (TPSA) is 75.6 Å². The lowest BCUT2D eigenvalue weighted by Crippen LogP contribution is -2.63. The molecule has 5 rings (SSSR count). The lowest BCUT2D eigenvalue weighted by Gasteiger charge is -2.44. The Hall–Kier alpha value is -2.28. The average molecular weight is 386 g/mol. The molecule has 1 aromatic carbocycles. The highest BCUT2D eigenvalue weighted by Crippen LogP contribution is 2.48. The van der Waals surface area contributed by atoms with Crippen LogP contribution in [0.2, 0.25) is 0 Å². The predicted octanol–water partition coefficient (Wildman–Crippen LogP) is 2.28. The van der Waals surface area contributed by atoms with Crippen molar-refractivity contribution >= 4 is 27.8 Å². The molecule has 0 aliphatic carbocycles. The number of halogens is 1. The summed E-state index contributed by atoms with van der Waals surface area (Å²) in [5, 5.41) is 3.29. The molecule has 0 unspecified atom stereocenters. The Morgan fingerprint density at radius 1 is 1.33 bits per heavy atom. The number of fused-ring (bicyclic) bond motifs is 2. The Morgan fingerprint density at radius 2 is 2.12 bits per heavy atom. The Kier molecular flexibility index (Phi) is 2.72. The smallest absolute Gasteiger partial charge is 0.272 e. The third kappa shape index (κ3) is 1.60. The number of rotatable bonds is 1. The van der Waals surface area contributed by atoms with Crippen LogP contribution in [0.3, 0.4) is 0 Å². The minimum absolute atomic E-state index is 0.0315. The fraction of sp³-hybridized carbons (Fsp3) is 0.294. The Labute approximate surface area is 147 Å². The van der Waals surface area contributed by atoms with E-state index in [1.54, 1.807) is 0 Å². The minimum atomic E-state index is -0.532. The number of nitrogens with two attached hydrogens (primary N) is 1. The maximum Gasteiger partial charge on any atom is 0.272 e. The number of guanidine groups is 1.